The Labute approximate surface area is 194 Å². The van der Waals surface area contributed by atoms with Gasteiger partial charge in [-0.3, -0.25) is 14.4 Å². The molecule has 33 heavy (non-hydrogen) atoms. The number of aromatic nitrogens is 3. The number of nitrogens with one attached hydrogen (secondary N) is 1. The van der Waals surface area contributed by atoms with Gasteiger partial charge >= 0.3 is 0 Å². The minimum Gasteiger partial charge on any atom is -0.383 e. The van der Waals surface area contributed by atoms with E-state index in [2.05, 4.69) is 69.1 Å². The third-order valence-electron chi connectivity index (χ3n) is 7.04. The molecule has 1 unspecified atom stereocenters. The number of benzene rings is 2. The fourth-order valence-corrected chi connectivity index (χ4v) is 5.23. The zero-order valence-corrected chi connectivity index (χ0v) is 19.1. The second-order valence-corrected chi connectivity index (χ2v) is 9.09. The maximum Gasteiger partial charge on any atom is 0.224 e. The van der Waals surface area contributed by atoms with Crippen LogP contribution >= 0.6 is 0 Å². The van der Waals surface area contributed by atoms with E-state index in [1.807, 2.05) is 16.9 Å². The number of fused-ring (bicyclic) bond motifs is 3. The zero-order chi connectivity index (χ0) is 22.6. The van der Waals surface area contributed by atoms with E-state index in [0.717, 1.165) is 43.7 Å². The van der Waals surface area contributed by atoms with Crippen LogP contribution in [0.5, 0.6) is 0 Å². The lowest BCUT2D eigenvalue weighted by atomic mass is 9.75. The second kappa shape index (κ2) is 9.85. The van der Waals surface area contributed by atoms with Crippen LogP contribution in [-0.2, 0) is 16.1 Å². The van der Waals surface area contributed by atoms with Crippen LogP contribution in [0.2, 0.25) is 0 Å². The summed E-state index contributed by atoms with van der Waals surface area (Å²) in [6.45, 7) is 3.83. The van der Waals surface area contributed by atoms with Gasteiger partial charge in [0.25, 0.3) is 0 Å². The maximum atomic E-state index is 12.6. The van der Waals surface area contributed by atoms with Crippen LogP contribution in [0.25, 0.3) is 22.4 Å². The summed E-state index contributed by atoms with van der Waals surface area (Å²) in [4.78, 5) is 15.0. The Morgan fingerprint density at radius 1 is 1.09 bits per heavy atom. The van der Waals surface area contributed by atoms with Crippen molar-refractivity contribution in [1.82, 2.24) is 25.2 Å². The van der Waals surface area contributed by atoms with Crippen molar-refractivity contribution in [2.45, 2.75) is 25.4 Å². The van der Waals surface area contributed by atoms with E-state index in [0.29, 0.717) is 25.1 Å². The summed E-state index contributed by atoms with van der Waals surface area (Å²) in [5.41, 5.74) is 4.36. The molecule has 3 aliphatic rings. The minimum absolute atomic E-state index is 0.0845. The predicted octanol–water partition coefficient (Wildman–Crippen LogP) is 3.09. The zero-order valence-electron chi connectivity index (χ0n) is 19.1. The van der Waals surface area contributed by atoms with E-state index in [4.69, 9.17) is 4.74 Å². The molecule has 0 aliphatic carbocycles. The van der Waals surface area contributed by atoms with Crippen molar-refractivity contribution in [1.29, 1.82) is 0 Å². The largest absolute Gasteiger partial charge is 0.383 e. The van der Waals surface area contributed by atoms with Gasteiger partial charge in [-0.15, -0.1) is 5.10 Å². The molecule has 1 amide bonds. The van der Waals surface area contributed by atoms with Gasteiger partial charge in [0, 0.05) is 31.8 Å². The molecule has 2 aromatic carbocycles. The van der Waals surface area contributed by atoms with Gasteiger partial charge in [-0.1, -0.05) is 59.8 Å². The average Bonchev–Trinajstić information content (AvgIpc) is 3.33. The van der Waals surface area contributed by atoms with Crippen LogP contribution in [0, 0.1) is 11.8 Å². The summed E-state index contributed by atoms with van der Waals surface area (Å²) in [5, 5.41) is 11.8. The first kappa shape index (κ1) is 21.8. The molecule has 0 radical (unpaired) electrons. The molecule has 0 saturated carbocycles. The highest BCUT2D eigenvalue weighted by molar-refractivity contribution is 5.79. The number of hydrogen-bond acceptors (Lipinski definition) is 5. The molecular formula is C26H31N5O2. The Kier molecular flexibility index (Phi) is 6.51. The van der Waals surface area contributed by atoms with Crippen LogP contribution in [-0.4, -0.2) is 65.2 Å². The smallest absolute Gasteiger partial charge is 0.224 e. The summed E-state index contributed by atoms with van der Waals surface area (Å²) in [6, 6.07) is 19.3. The molecule has 6 rings (SSSR count). The molecule has 4 atom stereocenters. The van der Waals surface area contributed by atoms with Crippen molar-refractivity contribution in [2.24, 2.45) is 11.8 Å². The topological polar surface area (TPSA) is 72.3 Å². The highest BCUT2D eigenvalue weighted by atomic mass is 16.5. The summed E-state index contributed by atoms with van der Waals surface area (Å²) in [6.07, 6.45) is 4.16. The highest BCUT2D eigenvalue weighted by Gasteiger charge is 2.43. The van der Waals surface area contributed by atoms with Crippen molar-refractivity contribution >= 4 is 5.91 Å². The van der Waals surface area contributed by atoms with Gasteiger partial charge in [0.2, 0.25) is 5.91 Å². The van der Waals surface area contributed by atoms with Gasteiger partial charge in [0.05, 0.1) is 25.3 Å². The Morgan fingerprint density at radius 3 is 2.58 bits per heavy atom. The molecule has 0 spiro atoms. The number of amides is 1. The first-order valence-electron chi connectivity index (χ1n) is 11.8. The highest BCUT2D eigenvalue weighted by Crippen LogP contribution is 2.37. The van der Waals surface area contributed by atoms with Crippen molar-refractivity contribution in [3.63, 3.8) is 0 Å². The number of carbonyl (C=O) groups is 1. The summed E-state index contributed by atoms with van der Waals surface area (Å²) in [7, 11) is 1.65. The van der Waals surface area contributed by atoms with E-state index in [1.165, 1.54) is 11.1 Å². The average molecular weight is 446 g/mol. The van der Waals surface area contributed by atoms with Crippen molar-refractivity contribution in [2.75, 3.05) is 33.4 Å². The predicted molar refractivity (Wildman–Crippen MR) is 127 cm³/mol. The van der Waals surface area contributed by atoms with Crippen molar-refractivity contribution < 1.29 is 9.53 Å². The second-order valence-electron chi connectivity index (χ2n) is 9.09. The van der Waals surface area contributed by atoms with Crippen LogP contribution < -0.4 is 5.32 Å². The molecule has 7 heteroatoms. The molecule has 3 saturated heterocycles. The van der Waals surface area contributed by atoms with E-state index >= 15 is 0 Å². The number of hydrogen-bond donors (Lipinski definition) is 1. The minimum atomic E-state index is 0.0845. The molecule has 4 heterocycles. The molecule has 3 aliphatic heterocycles. The van der Waals surface area contributed by atoms with Gasteiger partial charge in [-0.05, 0) is 36.4 Å². The van der Waals surface area contributed by atoms with E-state index in [-0.39, 0.29) is 11.8 Å². The van der Waals surface area contributed by atoms with Crippen molar-refractivity contribution in [3.05, 3.63) is 60.8 Å². The quantitative estimate of drug-likeness (QED) is 0.540. The number of methoxy groups -OCH3 is 1. The Balaban J connectivity index is 1.20. The third-order valence-corrected chi connectivity index (χ3v) is 7.04. The fraction of sp³-hybridized carbons (Fsp3) is 0.423. The van der Waals surface area contributed by atoms with Gasteiger partial charge in [-0.2, -0.15) is 0 Å². The van der Waals surface area contributed by atoms with Crippen LogP contribution in [0.4, 0.5) is 0 Å². The fourth-order valence-electron chi connectivity index (χ4n) is 5.23. The molecule has 1 N–H and O–H groups in total. The van der Waals surface area contributed by atoms with Gasteiger partial charge in [0.1, 0.15) is 5.69 Å². The van der Waals surface area contributed by atoms with E-state index in [1.54, 1.807) is 7.11 Å². The van der Waals surface area contributed by atoms with Crippen LogP contribution in [0.15, 0.2) is 60.8 Å². The normalized spacial score (nSPS) is 24.0. The molecule has 7 nitrogen and oxygen atoms in total. The standard InChI is InChI=1S/C26H31N5O2/c1-33-14-12-27-26(32)24-17-30-13-11-22(24)15-23(30)16-31-18-25(28-29-31)21-9-7-20(8-10-21)19-5-3-2-4-6-19/h2-10,18,22-24H,11-17H2,1H3,(H,27,32)/t22-,23+,24+/m0/s1. The molecule has 172 valence electrons. The first-order valence-corrected chi connectivity index (χ1v) is 11.8. The number of rotatable bonds is 8. The number of nitrogens with zero attached hydrogens (tertiary/aromatic N) is 4. The molecule has 3 aromatic rings. The Morgan fingerprint density at radius 2 is 1.85 bits per heavy atom. The monoisotopic (exact) mass is 445 g/mol. The molecular weight excluding hydrogens is 414 g/mol. The molecule has 3 fully saturated rings. The molecule has 2 bridgehead atoms. The van der Waals surface area contributed by atoms with Crippen LogP contribution in [0.3, 0.4) is 0 Å². The van der Waals surface area contributed by atoms with Gasteiger partial charge < -0.3 is 10.1 Å². The van der Waals surface area contributed by atoms with Gasteiger partial charge in [0.15, 0.2) is 0 Å². The summed E-state index contributed by atoms with van der Waals surface area (Å²) >= 11 is 0. The Bertz CT molecular complexity index is 1070. The van der Waals surface area contributed by atoms with Crippen molar-refractivity contribution in [3.8, 4) is 22.4 Å². The lowest BCUT2D eigenvalue weighted by molar-refractivity contribution is -0.133. The lowest BCUT2D eigenvalue weighted by Gasteiger charge is -2.49. The lowest BCUT2D eigenvalue weighted by Crippen LogP contribution is -2.58. The van der Waals surface area contributed by atoms with E-state index < -0.39 is 0 Å². The number of carbonyl (C=O) groups excluding carboxylic acids is 1. The number of ether oxygens (including phenoxy) is 1. The maximum absolute atomic E-state index is 12.6. The molecule has 1 aromatic heterocycles. The third kappa shape index (κ3) is 4.84. The SMILES string of the molecule is COCCNC(=O)[C@@H]1CN2CC[C@H]1C[C@@H]2Cn1cc(-c2ccc(-c3ccccc3)cc2)nn1. The summed E-state index contributed by atoms with van der Waals surface area (Å²) < 4.78 is 7.00. The first-order chi connectivity index (χ1) is 16.2. The van der Waals surface area contributed by atoms with Crippen LogP contribution in [0.1, 0.15) is 12.8 Å². The summed E-state index contributed by atoms with van der Waals surface area (Å²) in [5.74, 6) is 0.694. The van der Waals surface area contributed by atoms with Gasteiger partial charge in [-0.25, -0.2) is 0 Å². The van der Waals surface area contributed by atoms with E-state index in [9.17, 15) is 4.79 Å². The number of piperidine rings is 3. The Hall–Kier alpha value is -3.03.